The standard InChI is InChI=1S/C29H53O8P/c1-2-3-4-5-6-7-8-9-10-11-12-13-14-18-21-34-25-29(35-23-27-19-16-15-17-20-27)26-37-38(32,33)36-24-28(31)22-30/h15-17,19-20,28-31H,2-14,18,21-26H2,1H3,(H,32,33)/t28-,29+/m0/s1. The number of unbranched alkanes of at least 4 members (excludes halogenated alkanes) is 13. The molecule has 0 aliphatic heterocycles. The Kier molecular flexibility index (Phi) is 22.2. The molecule has 1 rings (SSSR count). The van der Waals surface area contributed by atoms with Crippen LogP contribution in [0.4, 0.5) is 0 Å². The zero-order valence-corrected chi connectivity index (χ0v) is 24.4. The zero-order valence-electron chi connectivity index (χ0n) is 23.5. The molecule has 0 aromatic heterocycles. The molecule has 0 aliphatic carbocycles. The second-order valence-electron chi connectivity index (χ2n) is 9.99. The molecule has 0 heterocycles. The first kappa shape index (κ1) is 35.2. The van der Waals surface area contributed by atoms with Crippen molar-refractivity contribution >= 4 is 7.82 Å². The molecule has 0 bridgehead atoms. The van der Waals surface area contributed by atoms with Crippen LogP contribution in [0.1, 0.15) is 102 Å². The van der Waals surface area contributed by atoms with Gasteiger partial charge >= 0.3 is 7.82 Å². The van der Waals surface area contributed by atoms with E-state index >= 15 is 0 Å². The van der Waals surface area contributed by atoms with Crippen LogP contribution in [0, 0.1) is 0 Å². The first-order valence-electron chi connectivity index (χ1n) is 14.6. The molecule has 1 aromatic carbocycles. The van der Waals surface area contributed by atoms with E-state index in [0.717, 1.165) is 18.4 Å². The Morgan fingerprint density at radius 1 is 0.763 bits per heavy atom. The Labute approximate surface area is 230 Å². The maximum atomic E-state index is 12.1. The highest BCUT2D eigenvalue weighted by atomic mass is 31.2. The molecule has 1 aromatic rings. The molecule has 0 amide bonds. The Morgan fingerprint density at radius 2 is 1.29 bits per heavy atom. The van der Waals surface area contributed by atoms with E-state index in [2.05, 4.69) is 6.92 Å². The van der Waals surface area contributed by atoms with Gasteiger partial charge in [-0.05, 0) is 12.0 Å². The number of phosphoric acid groups is 1. The third-order valence-electron chi connectivity index (χ3n) is 6.34. The smallest absolute Gasteiger partial charge is 0.394 e. The van der Waals surface area contributed by atoms with E-state index in [4.69, 9.17) is 23.6 Å². The number of aliphatic hydroxyl groups is 2. The lowest BCUT2D eigenvalue weighted by Gasteiger charge is -2.20. The SMILES string of the molecule is CCCCCCCCCCCCCCCCOC[C@H](COP(=O)(O)OC[C@@H](O)CO)OCc1ccccc1. The summed E-state index contributed by atoms with van der Waals surface area (Å²) in [5.74, 6) is 0. The van der Waals surface area contributed by atoms with Crippen molar-refractivity contribution in [3.05, 3.63) is 35.9 Å². The quantitative estimate of drug-likeness (QED) is 0.0819. The first-order chi connectivity index (χ1) is 18.5. The van der Waals surface area contributed by atoms with Crippen LogP contribution in [0.25, 0.3) is 0 Å². The molecule has 222 valence electrons. The van der Waals surface area contributed by atoms with Crippen molar-refractivity contribution in [1.82, 2.24) is 0 Å². The van der Waals surface area contributed by atoms with Gasteiger partial charge in [-0.1, -0.05) is 121 Å². The molecule has 0 aliphatic rings. The number of phosphoric ester groups is 1. The van der Waals surface area contributed by atoms with Crippen LogP contribution in [0.15, 0.2) is 30.3 Å². The maximum Gasteiger partial charge on any atom is 0.472 e. The normalized spacial score (nSPS) is 14.8. The summed E-state index contributed by atoms with van der Waals surface area (Å²) in [6.45, 7) is 2.12. The number of hydrogen-bond donors (Lipinski definition) is 3. The van der Waals surface area contributed by atoms with Crippen LogP contribution < -0.4 is 0 Å². The van der Waals surface area contributed by atoms with Crippen LogP contribution in [0.5, 0.6) is 0 Å². The number of rotatable bonds is 27. The molecule has 9 heteroatoms. The predicted molar refractivity (Wildman–Crippen MR) is 151 cm³/mol. The minimum absolute atomic E-state index is 0.200. The van der Waals surface area contributed by atoms with Gasteiger partial charge in [0.1, 0.15) is 12.2 Å². The van der Waals surface area contributed by atoms with Gasteiger partial charge in [0.25, 0.3) is 0 Å². The Hall–Kier alpha value is -0.830. The minimum Gasteiger partial charge on any atom is -0.394 e. The molecule has 0 radical (unpaired) electrons. The summed E-state index contributed by atoms with van der Waals surface area (Å²) in [6.07, 6.45) is 16.4. The van der Waals surface area contributed by atoms with Crippen molar-refractivity contribution in [2.45, 2.75) is 116 Å². The van der Waals surface area contributed by atoms with Crippen molar-refractivity contribution in [2.24, 2.45) is 0 Å². The number of ether oxygens (including phenoxy) is 2. The number of benzene rings is 1. The summed E-state index contributed by atoms with van der Waals surface area (Å²) < 4.78 is 33.5. The maximum absolute atomic E-state index is 12.1. The third-order valence-corrected chi connectivity index (χ3v) is 7.29. The average Bonchev–Trinajstić information content (AvgIpc) is 2.93. The molecule has 0 saturated heterocycles. The lowest BCUT2D eigenvalue weighted by Crippen LogP contribution is -2.26. The summed E-state index contributed by atoms with van der Waals surface area (Å²) in [5, 5.41) is 18.1. The minimum atomic E-state index is -4.39. The summed E-state index contributed by atoms with van der Waals surface area (Å²) in [4.78, 5) is 9.83. The highest BCUT2D eigenvalue weighted by Crippen LogP contribution is 2.43. The van der Waals surface area contributed by atoms with Gasteiger partial charge in [0.15, 0.2) is 0 Å². The Balaban J connectivity index is 2.17. The van der Waals surface area contributed by atoms with E-state index in [1.54, 1.807) is 0 Å². The predicted octanol–water partition coefficient (Wildman–Crippen LogP) is 6.56. The fourth-order valence-corrected chi connectivity index (χ4v) is 4.78. The number of hydrogen-bond acceptors (Lipinski definition) is 7. The molecule has 0 saturated carbocycles. The fraction of sp³-hybridized carbons (Fsp3) is 0.793. The van der Waals surface area contributed by atoms with E-state index < -0.39 is 33.2 Å². The molecular weight excluding hydrogens is 507 g/mol. The van der Waals surface area contributed by atoms with Gasteiger partial charge in [-0.3, -0.25) is 9.05 Å². The van der Waals surface area contributed by atoms with E-state index in [1.165, 1.54) is 77.0 Å². The molecule has 0 spiro atoms. The lowest BCUT2D eigenvalue weighted by molar-refractivity contribution is -0.0522. The largest absolute Gasteiger partial charge is 0.472 e. The molecular formula is C29H53O8P. The van der Waals surface area contributed by atoms with Crippen molar-refractivity contribution < 1.29 is 38.2 Å². The topological polar surface area (TPSA) is 115 Å². The van der Waals surface area contributed by atoms with E-state index in [0.29, 0.717) is 13.2 Å². The van der Waals surface area contributed by atoms with Gasteiger partial charge in [-0.25, -0.2) is 4.57 Å². The van der Waals surface area contributed by atoms with Crippen LogP contribution in [0.3, 0.4) is 0 Å². The van der Waals surface area contributed by atoms with E-state index in [-0.39, 0.29) is 13.2 Å². The van der Waals surface area contributed by atoms with Crippen LogP contribution in [-0.4, -0.2) is 60.3 Å². The second-order valence-corrected chi connectivity index (χ2v) is 11.4. The van der Waals surface area contributed by atoms with Gasteiger partial charge in [0, 0.05) is 6.61 Å². The Morgan fingerprint density at radius 3 is 1.84 bits per heavy atom. The highest BCUT2D eigenvalue weighted by molar-refractivity contribution is 7.47. The molecule has 38 heavy (non-hydrogen) atoms. The monoisotopic (exact) mass is 560 g/mol. The molecule has 1 unspecified atom stereocenters. The third kappa shape index (κ3) is 21.0. The summed E-state index contributed by atoms with van der Waals surface area (Å²) in [7, 11) is -4.39. The molecule has 0 fully saturated rings. The van der Waals surface area contributed by atoms with Gasteiger partial charge < -0.3 is 24.6 Å². The zero-order chi connectivity index (χ0) is 27.7. The van der Waals surface area contributed by atoms with Gasteiger partial charge in [0.2, 0.25) is 0 Å². The van der Waals surface area contributed by atoms with Crippen LogP contribution >= 0.6 is 7.82 Å². The van der Waals surface area contributed by atoms with Crippen molar-refractivity contribution in [3.8, 4) is 0 Å². The van der Waals surface area contributed by atoms with Crippen molar-refractivity contribution in [1.29, 1.82) is 0 Å². The van der Waals surface area contributed by atoms with Gasteiger partial charge in [0.05, 0.1) is 33.0 Å². The van der Waals surface area contributed by atoms with E-state index in [1.807, 2.05) is 30.3 Å². The number of aliphatic hydroxyl groups excluding tert-OH is 2. The highest BCUT2D eigenvalue weighted by Gasteiger charge is 2.25. The average molecular weight is 561 g/mol. The summed E-state index contributed by atoms with van der Waals surface area (Å²) >= 11 is 0. The Bertz CT molecular complexity index is 690. The van der Waals surface area contributed by atoms with Crippen LogP contribution in [0.2, 0.25) is 0 Å². The summed E-state index contributed by atoms with van der Waals surface area (Å²) in [6, 6.07) is 9.62. The molecule has 3 atom stereocenters. The van der Waals surface area contributed by atoms with Crippen LogP contribution in [-0.2, 0) is 29.7 Å². The van der Waals surface area contributed by atoms with Gasteiger partial charge in [-0.2, -0.15) is 0 Å². The lowest BCUT2D eigenvalue weighted by atomic mass is 10.0. The van der Waals surface area contributed by atoms with Gasteiger partial charge in [-0.15, -0.1) is 0 Å². The fourth-order valence-electron chi connectivity index (χ4n) is 3.99. The molecule has 3 N–H and O–H groups in total. The van der Waals surface area contributed by atoms with Crippen molar-refractivity contribution in [2.75, 3.05) is 33.0 Å². The van der Waals surface area contributed by atoms with E-state index in [9.17, 15) is 14.6 Å². The summed E-state index contributed by atoms with van der Waals surface area (Å²) in [5.41, 5.74) is 0.971. The molecule has 8 nitrogen and oxygen atoms in total. The van der Waals surface area contributed by atoms with Crippen molar-refractivity contribution in [3.63, 3.8) is 0 Å². The second kappa shape index (κ2) is 24.0. The first-order valence-corrected chi connectivity index (χ1v) is 16.1.